The van der Waals surface area contributed by atoms with Crippen molar-refractivity contribution in [2.45, 2.75) is 38.8 Å². The summed E-state index contributed by atoms with van der Waals surface area (Å²) in [6.45, 7) is 4.85. The van der Waals surface area contributed by atoms with E-state index in [0.717, 1.165) is 40.6 Å². The Kier molecular flexibility index (Phi) is 5.02. The molecule has 0 aliphatic rings. The normalized spacial score (nSPS) is 14.7. The monoisotopic (exact) mass is 325 g/mol. The van der Waals surface area contributed by atoms with Crippen molar-refractivity contribution in [2.24, 2.45) is 0 Å². The molecule has 2 aromatic rings. The number of aliphatic hydroxyl groups excluding tert-OH is 1. The minimum Gasteiger partial charge on any atom is -0.459 e. The molecule has 0 saturated heterocycles. The van der Waals surface area contributed by atoms with Crippen molar-refractivity contribution in [1.82, 2.24) is 5.32 Å². The largest absolute Gasteiger partial charge is 0.459 e. The van der Waals surface area contributed by atoms with E-state index >= 15 is 0 Å². The highest BCUT2D eigenvalue weighted by atomic mass is 79.9. The Morgan fingerprint density at radius 3 is 2.89 bits per heavy atom. The quantitative estimate of drug-likeness (QED) is 0.843. The molecule has 0 fully saturated rings. The second-order valence-corrected chi connectivity index (χ2v) is 5.77. The van der Waals surface area contributed by atoms with E-state index in [0.29, 0.717) is 0 Å². The summed E-state index contributed by atoms with van der Waals surface area (Å²) < 4.78 is 6.88. The number of hydrogen-bond acceptors (Lipinski definition) is 3. The van der Waals surface area contributed by atoms with Crippen molar-refractivity contribution in [1.29, 1.82) is 0 Å². The van der Waals surface area contributed by atoms with Crippen LogP contribution < -0.4 is 5.32 Å². The molecule has 2 rings (SSSR count). The molecule has 2 N–H and O–H groups in total. The van der Waals surface area contributed by atoms with Gasteiger partial charge in [0.1, 0.15) is 11.3 Å². The predicted molar refractivity (Wildman–Crippen MR) is 81.2 cm³/mol. The van der Waals surface area contributed by atoms with Gasteiger partial charge in [-0.1, -0.05) is 22.9 Å². The van der Waals surface area contributed by atoms with E-state index in [1.807, 2.05) is 19.1 Å². The first-order valence-electron chi connectivity index (χ1n) is 6.70. The van der Waals surface area contributed by atoms with Crippen LogP contribution in [0.15, 0.2) is 33.2 Å². The van der Waals surface area contributed by atoms with E-state index in [9.17, 15) is 5.11 Å². The lowest BCUT2D eigenvalue weighted by Gasteiger charge is -2.13. The molecule has 0 amide bonds. The first-order valence-corrected chi connectivity index (χ1v) is 7.50. The van der Waals surface area contributed by atoms with Gasteiger partial charge in [0.05, 0.1) is 12.1 Å². The van der Waals surface area contributed by atoms with Crippen LogP contribution in [0.25, 0.3) is 11.0 Å². The Labute approximate surface area is 122 Å². The van der Waals surface area contributed by atoms with Crippen molar-refractivity contribution in [3.05, 3.63) is 34.5 Å². The molecular formula is C15H20BrNO2. The average Bonchev–Trinajstić information content (AvgIpc) is 2.81. The highest BCUT2D eigenvalue weighted by molar-refractivity contribution is 9.10. The summed E-state index contributed by atoms with van der Waals surface area (Å²) in [4.78, 5) is 0. The third kappa shape index (κ3) is 3.81. The van der Waals surface area contributed by atoms with E-state index in [2.05, 4.69) is 40.3 Å². The van der Waals surface area contributed by atoms with Crippen LogP contribution in [0.3, 0.4) is 0 Å². The molecule has 2 atom stereocenters. The lowest BCUT2D eigenvalue weighted by molar-refractivity contribution is 0.158. The summed E-state index contributed by atoms with van der Waals surface area (Å²) in [5, 5.41) is 14.0. The third-order valence-electron chi connectivity index (χ3n) is 3.32. The van der Waals surface area contributed by atoms with Gasteiger partial charge in [-0.25, -0.2) is 0 Å². The van der Waals surface area contributed by atoms with Crippen molar-refractivity contribution in [3.63, 3.8) is 0 Å². The van der Waals surface area contributed by atoms with Crippen LogP contribution in [0.4, 0.5) is 0 Å². The van der Waals surface area contributed by atoms with Crippen LogP contribution in [0.2, 0.25) is 0 Å². The zero-order valence-corrected chi connectivity index (χ0v) is 12.9. The van der Waals surface area contributed by atoms with Crippen LogP contribution in [0.1, 0.15) is 38.5 Å². The Bertz CT molecular complexity index is 538. The zero-order valence-electron chi connectivity index (χ0n) is 11.3. The van der Waals surface area contributed by atoms with Crippen molar-refractivity contribution < 1.29 is 9.52 Å². The topological polar surface area (TPSA) is 45.4 Å². The molecule has 1 aromatic carbocycles. The predicted octanol–water partition coefficient (Wildman–Crippen LogP) is 4.01. The maximum absolute atomic E-state index is 9.52. The number of furan rings is 1. The van der Waals surface area contributed by atoms with Crippen molar-refractivity contribution in [2.75, 3.05) is 6.54 Å². The summed E-state index contributed by atoms with van der Waals surface area (Å²) in [7, 11) is 0. The van der Waals surface area contributed by atoms with Gasteiger partial charge in [-0.05, 0) is 50.6 Å². The summed E-state index contributed by atoms with van der Waals surface area (Å²) in [5.41, 5.74) is 0.903. The van der Waals surface area contributed by atoms with Crippen molar-refractivity contribution >= 4 is 26.9 Å². The number of nitrogens with one attached hydrogen (secondary N) is 1. The van der Waals surface area contributed by atoms with Crippen molar-refractivity contribution in [3.8, 4) is 0 Å². The summed E-state index contributed by atoms with van der Waals surface area (Å²) >= 11 is 3.46. The molecule has 2 unspecified atom stereocenters. The van der Waals surface area contributed by atoms with Gasteiger partial charge in [0.2, 0.25) is 0 Å². The minimum atomic E-state index is -0.216. The van der Waals surface area contributed by atoms with Crippen LogP contribution in [0.5, 0.6) is 0 Å². The fraction of sp³-hybridized carbons (Fsp3) is 0.467. The maximum atomic E-state index is 9.52. The molecule has 1 aromatic heterocycles. The highest BCUT2D eigenvalue weighted by Gasteiger charge is 2.11. The van der Waals surface area contributed by atoms with Gasteiger partial charge in [-0.2, -0.15) is 0 Å². The molecular weight excluding hydrogens is 306 g/mol. The third-order valence-corrected chi connectivity index (χ3v) is 3.82. The van der Waals surface area contributed by atoms with Crippen LogP contribution in [-0.2, 0) is 0 Å². The lowest BCUT2D eigenvalue weighted by Crippen LogP contribution is -2.23. The molecule has 4 heteroatoms. The first-order chi connectivity index (χ1) is 9.10. The maximum Gasteiger partial charge on any atom is 0.134 e. The fourth-order valence-electron chi connectivity index (χ4n) is 2.02. The van der Waals surface area contributed by atoms with Crippen LogP contribution >= 0.6 is 15.9 Å². The number of aliphatic hydroxyl groups is 1. The Hall–Kier alpha value is -0.840. The first kappa shape index (κ1) is 14.6. The Morgan fingerprint density at radius 1 is 1.37 bits per heavy atom. The molecule has 3 nitrogen and oxygen atoms in total. The average molecular weight is 326 g/mol. The molecule has 19 heavy (non-hydrogen) atoms. The Morgan fingerprint density at radius 2 is 2.16 bits per heavy atom. The second kappa shape index (κ2) is 6.55. The standard InChI is InChI=1S/C15H20BrNO2/c1-3-13(18)6-7-17-10(2)15-9-11-8-12(16)4-5-14(11)19-15/h4-5,8-10,13,17-18H,3,6-7H2,1-2H3. The van der Waals surface area contributed by atoms with Gasteiger partial charge in [-0.15, -0.1) is 0 Å². The van der Waals surface area contributed by atoms with Gasteiger partial charge in [0.25, 0.3) is 0 Å². The van der Waals surface area contributed by atoms with E-state index < -0.39 is 0 Å². The SMILES string of the molecule is CCC(O)CCNC(C)c1cc2cc(Br)ccc2o1. The number of hydrogen-bond donors (Lipinski definition) is 2. The van der Waals surface area contributed by atoms with Gasteiger partial charge >= 0.3 is 0 Å². The fourth-order valence-corrected chi connectivity index (χ4v) is 2.40. The second-order valence-electron chi connectivity index (χ2n) is 4.86. The number of benzene rings is 1. The highest BCUT2D eigenvalue weighted by Crippen LogP contribution is 2.26. The minimum absolute atomic E-state index is 0.148. The van der Waals surface area contributed by atoms with Gasteiger partial charge < -0.3 is 14.8 Å². The Balaban J connectivity index is 1.99. The summed E-state index contributed by atoms with van der Waals surface area (Å²) in [5.74, 6) is 0.930. The van der Waals surface area contributed by atoms with E-state index in [1.165, 1.54) is 0 Å². The van der Waals surface area contributed by atoms with Crippen LogP contribution in [-0.4, -0.2) is 17.8 Å². The number of rotatable bonds is 6. The molecule has 0 aliphatic carbocycles. The van der Waals surface area contributed by atoms with Crippen LogP contribution in [0, 0.1) is 0 Å². The summed E-state index contributed by atoms with van der Waals surface area (Å²) in [6, 6.07) is 8.21. The molecule has 0 bridgehead atoms. The van der Waals surface area contributed by atoms with Gasteiger partial charge in [0, 0.05) is 9.86 Å². The molecule has 1 heterocycles. The lowest BCUT2D eigenvalue weighted by atomic mass is 10.2. The van der Waals surface area contributed by atoms with E-state index in [-0.39, 0.29) is 12.1 Å². The molecule has 104 valence electrons. The molecule has 0 aliphatic heterocycles. The smallest absolute Gasteiger partial charge is 0.134 e. The molecule has 0 radical (unpaired) electrons. The summed E-state index contributed by atoms with van der Waals surface area (Å²) in [6.07, 6.45) is 1.35. The van der Waals surface area contributed by atoms with Gasteiger partial charge in [-0.3, -0.25) is 0 Å². The van der Waals surface area contributed by atoms with E-state index in [4.69, 9.17) is 4.42 Å². The molecule has 0 spiro atoms. The number of fused-ring (bicyclic) bond motifs is 1. The van der Waals surface area contributed by atoms with E-state index in [1.54, 1.807) is 0 Å². The zero-order chi connectivity index (χ0) is 13.8. The number of halogens is 1. The van der Waals surface area contributed by atoms with Gasteiger partial charge in [0.15, 0.2) is 0 Å². The molecule has 0 saturated carbocycles.